The van der Waals surface area contributed by atoms with Crippen LogP contribution >= 0.6 is 0 Å². The molecule has 0 atom stereocenters. The van der Waals surface area contributed by atoms with Gasteiger partial charge in [0.25, 0.3) is 0 Å². The maximum Gasteiger partial charge on any atom is 0.179 e. The number of hydrogen-bond donors (Lipinski definition) is 0. The van der Waals surface area contributed by atoms with Crippen LogP contribution in [0.5, 0.6) is 0 Å². The fourth-order valence-corrected chi connectivity index (χ4v) is 17.4. The highest BCUT2D eigenvalue weighted by molar-refractivity contribution is 7.19. The molecule has 2 nitrogen and oxygen atoms in total. The Kier molecular flexibility index (Phi) is 10.6. The largest absolute Gasteiger partial charge is 0.310 e. The lowest BCUT2D eigenvalue weighted by Gasteiger charge is -2.35. The Morgan fingerprint density at radius 3 is 1.24 bits per heavy atom. The van der Waals surface area contributed by atoms with Gasteiger partial charge >= 0.3 is 0 Å². The van der Waals surface area contributed by atoms with Gasteiger partial charge in [-0.05, 0) is 115 Å². The highest BCUT2D eigenvalue weighted by Crippen LogP contribution is 2.51. The van der Waals surface area contributed by atoms with Crippen LogP contribution in [0, 0.1) is 0 Å². The summed E-state index contributed by atoms with van der Waals surface area (Å²) in [4.78, 5) is 2.46. The van der Waals surface area contributed by atoms with E-state index in [0.717, 1.165) is 17.1 Å². The first-order chi connectivity index (χ1) is 34.1. The van der Waals surface area contributed by atoms with Crippen molar-refractivity contribution >= 4 is 80.9 Å². The normalized spacial score (nSPS) is 13.0. The van der Waals surface area contributed by atoms with Crippen molar-refractivity contribution in [1.29, 1.82) is 0 Å². The molecule has 0 bridgehead atoms. The Morgan fingerprint density at radius 2 is 0.743 bits per heavy atom. The monoisotopic (exact) mass is 932 g/mol. The zero-order chi connectivity index (χ0) is 47.6. The van der Waals surface area contributed by atoms with E-state index < -0.39 is 16.1 Å². The summed E-state index contributed by atoms with van der Waals surface area (Å²) < 4.78 is 2.44. The zero-order valence-corrected chi connectivity index (χ0v) is 42.6. The van der Waals surface area contributed by atoms with E-state index in [9.17, 15) is 0 Å². The van der Waals surface area contributed by atoms with E-state index in [1.54, 1.807) is 0 Å². The number of aromatic nitrogens is 1. The Bertz CT molecular complexity index is 3530. The third kappa shape index (κ3) is 7.12. The Balaban J connectivity index is 0.989. The summed E-state index contributed by atoms with van der Waals surface area (Å²) in [5.41, 5.74) is 14.5. The molecule has 1 aliphatic rings. The van der Waals surface area contributed by atoms with Crippen LogP contribution in [-0.4, -0.2) is 20.7 Å². The summed E-state index contributed by atoms with van der Waals surface area (Å²) in [6.45, 7) is 12.0. The fourth-order valence-electron chi connectivity index (χ4n) is 11.5. The minimum atomic E-state index is -2.72. The average Bonchev–Trinajstić information content (AvgIpc) is 3.85. The number of hydrogen-bond acceptors (Lipinski definition) is 1. The van der Waals surface area contributed by atoms with Gasteiger partial charge in [0.1, 0.15) is 0 Å². The molecule has 4 heteroatoms. The number of fused-ring (bicyclic) bond motifs is 6. The first-order valence-electron chi connectivity index (χ1n) is 24.7. The van der Waals surface area contributed by atoms with Crippen LogP contribution in [0.15, 0.2) is 249 Å². The topological polar surface area (TPSA) is 8.17 Å². The second kappa shape index (κ2) is 17.0. The molecule has 0 amide bonds. The fraction of sp³-hybridized carbons (Fsp3) is 0.0909. The lowest BCUT2D eigenvalue weighted by atomic mass is 9.82. The van der Waals surface area contributed by atoms with Gasteiger partial charge in [-0.1, -0.05) is 227 Å². The lowest BCUT2D eigenvalue weighted by Crippen LogP contribution is -2.74. The van der Waals surface area contributed by atoms with E-state index in [-0.39, 0.29) is 5.41 Å². The number of benzene rings is 10. The van der Waals surface area contributed by atoms with Crippen molar-refractivity contribution in [2.45, 2.75) is 38.9 Å². The number of para-hydroxylation sites is 2. The summed E-state index contributed by atoms with van der Waals surface area (Å²) in [6.07, 6.45) is 0. The minimum Gasteiger partial charge on any atom is -0.310 e. The van der Waals surface area contributed by atoms with Crippen LogP contribution in [0.4, 0.5) is 17.1 Å². The van der Waals surface area contributed by atoms with Crippen molar-refractivity contribution in [2.75, 3.05) is 4.90 Å². The predicted octanol–water partition coefficient (Wildman–Crippen LogP) is 14.1. The molecule has 11 aromatic rings. The minimum absolute atomic E-state index is 0.247. The molecule has 1 aromatic heterocycles. The second-order valence-electron chi connectivity index (χ2n) is 20.6. The van der Waals surface area contributed by atoms with Crippen LogP contribution < -0.4 is 30.8 Å². The molecule has 10 aromatic carbocycles. The van der Waals surface area contributed by atoms with Gasteiger partial charge in [-0.3, -0.25) is 0 Å². The Labute approximate surface area is 414 Å². The highest BCUT2D eigenvalue weighted by Gasteiger charge is 2.42. The van der Waals surface area contributed by atoms with Crippen molar-refractivity contribution in [1.82, 2.24) is 4.57 Å². The number of nitrogens with zero attached hydrogens (tertiary/aromatic N) is 2. The molecular formula is C66H56N2Si2. The van der Waals surface area contributed by atoms with Gasteiger partial charge < -0.3 is 9.47 Å². The van der Waals surface area contributed by atoms with Crippen molar-refractivity contribution in [2.24, 2.45) is 0 Å². The van der Waals surface area contributed by atoms with E-state index in [2.05, 4.69) is 292 Å². The third-order valence-corrected chi connectivity index (χ3v) is 22.0. The first-order valence-corrected chi connectivity index (χ1v) is 30.2. The molecule has 0 radical (unpaired) electrons. The van der Waals surface area contributed by atoms with Gasteiger partial charge in [0.15, 0.2) is 8.07 Å². The van der Waals surface area contributed by atoms with E-state index >= 15 is 0 Å². The van der Waals surface area contributed by atoms with Crippen molar-refractivity contribution in [3.63, 3.8) is 0 Å². The molecule has 70 heavy (non-hydrogen) atoms. The van der Waals surface area contributed by atoms with E-state index in [1.165, 1.54) is 86.8 Å². The number of rotatable bonds is 10. The van der Waals surface area contributed by atoms with Gasteiger partial charge in [0.05, 0.1) is 19.1 Å². The molecule has 0 unspecified atom stereocenters. The molecule has 0 N–H and O–H groups in total. The molecule has 0 spiro atoms. The van der Waals surface area contributed by atoms with Gasteiger partial charge in [0, 0.05) is 38.9 Å². The SMILES string of the molecule is CC1(C)c2cc(N(c3ccc(-c4ccc([Si](C)(C)C)cc4)cc3)c3ccc([Si](c4ccccc4)(c4ccccc4)c4ccccc4)cc3)ccc2-c2ccc(-n3c4ccccc4c4ccccc43)cc21. The maximum absolute atomic E-state index is 2.72. The van der Waals surface area contributed by atoms with Crippen LogP contribution in [0.3, 0.4) is 0 Å². The summed E-state index contributed by atoms with van der Waals surface area (Å²) in [6, 6.07) is 93.5. The average molecular weight is 933 g/mol. The quantitative estimate of drug-likeness (QED) is 0.0980. The molecule has 338 valence electrons. The molecular weight excluding hydrogens is 877 g/mol. The van der Waals surface area contributed by atoms with Crippen LogP contribution in [-0.2, 0) is 5.41 Å². The van der Waals surface area contributed by atoms with Crippen molar-refractivity contribution < 1.29 is 0 Å². The van der Waals surface area contributed by atoms with E-state index in [1.807, 2.05) is 0 Å². The summed E-state index contributed by atoms with van der Waals surface area (Å²) in [5, 5.41) is 9.49. The lowest BCUT2D eigenvalue weighted by molar-refractivity contribution is 0.660. The van der Waals surface area contributed by atoms with E-state index in [4.69, 9.17) is 0 Å². The molecule has 1 aliphatic carbocycles. The summed E-state index contributed by atoms with van der Waals surface area (Å²) >= 11 is 0. The van der Waals surface area contributed by atoms with Crippen LogP contribution in [0.2, 0.25) is 19.6 Å². The molecule has 0 fully saturated rings. The Morgan fingerprint density at radius 1 is 0.357 bits per heavy atom. The summed E-state index contributed by atoms with van der Waals surface area (Å²) in [7, 11) is -4.13. The molecule has 1 heterocycles. The molecule has 12 rings (SSSR count). The van der Waals surface area contributed by atoms with Crippen LogP contribution in [0.1, 0.15) is 25.0 Å². The van der Waals surface area contributed by atoms with Crippen molar-refractivity contribution in [3.05, 3.63) is 260 Å². The van der Waals surface area contributed by atoms with Gasteiger partial charge in [0.2, 0.25) is 0 Å². The predicted molar refractivity (Wildman–Crippen MR) is 305 cm³/mol. The maximum atomic E-state index is 2.46. The van der Waals surface area contributed by atoms with Crippen LogP contribution in [0.25, 0.3) is 49.7 Å². The zero-order valence-electron chi connectivity index (χ0n) is 40.6. The highest BCUT2D eigenvalue weighted by atomic mass is 28.3. The van der Waals surface area contributed by atoms with E-state index in [0.29, 0.717) is 0 Å². The number of anilines is 3. The molecule has 0 aliphatic heterocycles. The van der Waals surface area contributed by atoms with Gasteiger partial charge in [-0.25, -0.2) is 0 Å². The standard InChI is InChI=1S/C66H56N2Si2/c1-66(2)62-45-51(37-43-58(62)59-44-38-52(46-63(59)66)68-64-27-17-15-25-60(64)61-26-16-18-28-65(61)68)67(49-33-29-47(30-34-49)48-31-39-53(40-32-48)69(3,4)5)50-35-41-57(42-36-50)70(54-19-9-6-10-20-54,55-21-11-7-12-22-55)56-23-13-8-14-24-56/h6-46H,1-5H3. The molecule has 0 saturated heterocycles. The third-order valence-electron chi connectivity index (χ3n) is 15.1. The van der Waals surface area contributed by atoms with Gasteiger partial charge in [-0.2, -0.15) is 0 Å². The summed E-state index contributed by atoms with van der Waals surface area (Å²) in [5.74, 6) is 0. The van der Waals surface area contributed by atoms with Gasteiger partial charge in [-0.15, -0.1) is 0 Å². The van der Waals surface area contributed by atoms with Crippen molar-refractivity contribution in [3.8, 4) is 27.9 Å². The first kappa shape index (κ1) is 43.5. The second-order valence-corrected chi connectivity index (χ2v) is 29.4. The molecule has 0 saturated carbocycles. The Hall–Kier alpha value is -7.77. The smallest absolute Gasteiger partial charge is 0.179 e.